The molecular formula is C20H32N4OS. The Bertz CT molecular complexity index is 774. The van der Waals surface area contributed by atoms with Crippen molar-refractivity contribution in [2.75, 3.05) is 25.4 Å². The Morgan fingerprint density at radius 3 is 2.65 bits per heavy atom. The number of aryl methyl sites for hydroxylation is 1. The summed E-state index contributed by atoms with van der Waals surface area (Å²) in [6.07, 6.45) is 0.925. The summed E-state index contributed by atoms with van der Waals surface area (Å²) in [5.41, 5.74) is 3.75. The Balaban J connectivity index is 1.92. The molecule has 0 saturated heterocycles. The minimum Gasteiger partial charge on any atom is -0.358 e. The lowest BCUT2D eigenvalue weighted by molar-refractivity contribution is 0.648. The van der Waals surface area contributed by atoms with E-state index in [1.165, 1.54) is 22.2 Å². The van der Waals surface area contributed by atoms with Crippen LogP contribution >= 0.6 is 0 Å². The van der Waals surface area contributed by atoms with E-state index in [9.17, 15) is 4.21 Å². The minimum atomic E-state index is -0.873. The Hall–Kier alpha value is -1.82. The molecule has 1 aromatic carbocycles. The minimum absolute atomic E-state index is 0.186. The molecule has 6 heteroatoms. The van der Waals surface area contributed by atoms with Crippen LogP contribution in [0.4, 0.5) is 0 Å². The number of aromatic nitrogens is 1. The van der Waals surface area contributed by atoms with Crippen LogP contribution in [0.25, 0.3) is 10.9 Å². The maximum atomic E-state index is 12.1. The van der Waals surface area contributed by atoms with Crippen LogP contribution in [0.3, 0.4) is 0 Å². The standard InChI is InChI=1S/C20H32N4OS/c1-6-21-19(23-13-14-26(25)20(3,4)5)22-12-11-16-15(2)24-18-10-8-7-9-17(16)18/h7-10,24H,6,11-14H2,1-5H3,(H2,21,22,23). The number of benzene rings is 1. The van der Waals surface area contributed by atoms with E-state index in [2.05, 4.69) is 51.8 Å². The molecule has 2 rings (SSSR count). The fourth-order valence-electron chi connectivity index (χ4n) is 2.85. The summed E-state index contributed by atoms with van der Waals surface area (Å²) in [7, 11) is -0.873. The van der Waals surface area contributed by atoms with Gasteiger partial charge in [0.05, 0.1) is 6.54 Å². The summed E-state index contributed by atoms with van der Waals surface area (Å²) < 4.78 is 11.9. The van der Waals surface area contributed by atoms with Gasteiger partial charge in [0.1, 0.15) is 0 Å². The highest BCUT2D eigenvalue weighted by Gasteiger charge is 2.18. The van der Waals surface area contributed by atoms with Gasteiger partial charge < -0.3 is 15.6 Å². The van der Waals surface area contributed by atoms with Crippen molar-refractivity contribution in [3.8, 4) is 0 Å². The van der Waals surface area contributed by atoms with Gasteiger partial charge in [0, 0.05) is 51.0 Å². The average molecular weight is 377 g/mol. The molecule has 0 saturated carbocycles. The first-order chi connectivity index (χ1) is 12.3. The third kappa shape index (κ3) is 5.59. The molecule has 26 heavy (non-hydrogen) atoms. The van der Waals surface area contributed by atoms with E-state index in [1.54, 1.807) is 0 Å². The van der Waals surface area contributed by atoms with Crippen molar-refractivity contribution in [2.45, 2.75) is 45.8 Å². The van der Waals surface area contributed by atoms with E-state index in [0.29, 0.717) is 12.3 Å². The second-order valence-corrected chi connectivity index (χ2v) is 9.70. The number of rotatable bonds is 7. The Labute approximate surface area is 159 Å². The van der Waals surface area contributed by atoms with E-state index in [4.69, 9.17) is 0 Å². The molecule has 0 fully saturated rings. The molecule has 1 atom stereocenters. The number of hydrogen-bond donors (Lipinski definition) is 3. The summed E-state index contributed by atoms with van der Waals surface area (Å²) >= 11 is 0. The predicted molar refractivity (Wildman–Crippen MR) is 113 cm³/mol. The van der Waals surface area contributed by atoms with Crippen molar-refractivity contribution in [3.05, 3.63) is 35.5 Å². The highest BCUT2D eigenvalue weighted by molar-refractivity contribution is 7.86. The highest BCUT2D eigenvalue weighted by Crippen LogP contribution is 2.21. The summed E-state index contributed by atoms with van der Waals surface area (Å²) in [6.45, 7) is 12.3. The normalized spacial score (nSPS) is 13.8. The molecule has 1 aromatic heterocycles. The summed E-state index contributed by atoms with van der Waals surface area (Å²) in [6, 6.07) is 8.40. The van der Waals surface area contributed by atoms with Crippen molar-refractivity contribution < 1.29 is 4.21 Å². The van der Waals surface area contributed by atoms with Gasteiger partial charge in [-0.25, -0.2) is 0 Å². The third-order valence-corrected chi connectivity index (χ3v) is 6.19. The number of para-hydroxylation sites is 1. The van der Waals surface area contributed by atoms with E-state index in [0.717, 1.165) is 25.5 Å². The first kappa shape index (κ1) is 20.5. The monoisotopic (exact) mass is 376 g/mol. The second-order valence-electron chi connectivity index (χ2n) is 7.37. The van der Waals surface area contributed by atoms with Crippen molar-refractivity contribution >= 4 is 27.7 Å². The van der Waals surface area contributed by atoms with Gasteiger partial charge in [-0.05, 0) is 52.7 Å². The zero-order chi connectivity index (χ0) is 19.2. The maximum Gasteiger partial charge on any atom is 0.191 e. The van der Waals surface area contributed by atoms with Gasteiger partial charge in [-0.2, -0.15) is 0 Å². The fourth-order valence-corrected chi connectivity index (χ4v) is 3.72. The predicted octanol–water partition coefficient (Wildman–Crippen LogP) is 3.12. The number of fused-ring (bicyclic) bond motifs is 1. The number of guanidine groups is 1. The molecule has 1 heterocycles. The van der Waals surface area contributed by atoms with Crippen LogP contribution in [0.15, 0.2) is 29.3 Å². The first-order valence-corrected chi connectivity index (χ1v) is 10.6. The number of nitrogens with zero attached hydrogens (tertiary/aromatic N) is 1. The molecule has 0 aliphatic carbocycles. The topological polar surface area (TPSA) is 69.3 Å². The zero-order valence-corrected chi connectivity index (χ0v) is 17.4. The average Bonchev–Trinajstić information content (AvgIpc) is 2.89. The molecule has 3 N–H and O–H groups in total. The van der Waals surface area contributed by atoms with Crippen molar-refractivity contribution in [1.29, 1.82) is 0 Å². The lowest BCUT2D eigenvalue weighted by Crippen LogP contribution is -2.38. The zero-order valence-electron chi connectivity index (χ0n) is 16.6. The molecule has 0 aliphatic rings. The maximum absolute atomic E-state index is 12.1. The van der Waals surface area contributed by atoms with Crippen LogP contribution in [0, 0.1) is 6.92 Å². The summed E-state index contributed by atoms with van der Waals surface area (Å²) in [5.74, 6) is 1.37. The Morgan fingerprint density at radius 1 is 1.23 bits per heavy atom. The van der Waals surface area contributed by atoms with E-state index >= 15 is 0 Å². The number of nitrogens with one attached hydrogen (secondary N) is 3. The van der Waals surface area contributed by atoms with Gasteiger partial charge in [0.15, 0.2) is 5.96 Å². The summed E-state index contributed by atoms with van der Waals surface area (Å²) in [4.78, 5) is 8.01. The van der Waals surface area contributed by atoms with Crippen LogP contribution in [0.5, 0.6) is 0 Å². The largest absolute Gasteiger partial charge is 0.358 e. The second kappa shape index (κ2) is 9.21. The molecule has 2 aromatic rings. The lowest BCUT2D eigenvalue weighted by atomic mass is 10.1. The Kier molecular flexibility index (Phi) is 7.26. The molecule has 0 amide bonds. The SMILES string of the molecule is CCNC(=NCCS(=O)C(C)(C)C)NCCc1c(C)[nH]c2ccccc12. The molecular weight excluding hydrogens is 344 g/mol. The molecule has 0 spiro atoms. The summed E-state index contributed by atoms with van der Waals surface area (Å²) in [5, 5.41) is 7.93. The fraction of sp³-hybridized carbons (Fsp3) is 0.550. The van der Waals surface area contributed by atoms with Crippen molar-refractivity contribution in [2.24, 2.45) is 4.99 Å². The number of hydrogen-bond acceptors (Lipinski definition) is 2. The first-order valence-electron chi connectivity index (χ1n) is 9.29. The number of aliphatic imine (C=N–C) groups is 1. The van der Waals surface area contributed by atoms with Crippen LogP contribution in [-0.4, -0.2) is 45.3 Å². The third-order valence-electron chi connectivity index (χ3n) is 4.27. The number of H-pyrrole nitrogens is 1. The van der Waals surface area contributed by atoms with Crippen LogP contribution < -0.4 is 10.6 Å². The van der Waals surface area contributed by atoms with E-state index < -0.39 is 10.8 Å². The number of aromatic amines is 1. The van der Waals surface area contributed by atoms with Gasteiger partial charge in [-0.15, -0.1) is 0 Å². The molecule has 5 nitrogen and oxygen atoms in total. The van der Waals surface area contributed by atoms with Crippen molar-refractivity contribution in [3.63, 3.8) is 0 Å². The molecule has 144 valence electrons. The van der Waals surface area contributed by atoms with Gasteiger partial charge in [-0.3, -0.25) is 9.20 Å². The molecule has 0 bridgehead atoms. The quantitative estimate of drug-likeness (QED) is 0.514. The smallest absolute Gasteiger partial charge is 0.191 e. The van der Waals surface area contributed by atoms with Gasteiger partial charge in [-0.1, -0.05) is 18.2 Å². The van der Waals surface area contributed by atoms with E-state index in [-0.39, 0.29) is 4.75 Å². The van der Waals surface area contributed by atoms with Crippen LogP contribution in [0.1, 0.15) is 39.0 Å². The van der Waals surface area contributed by atoms with Gasteiger partial charge >= 0.3 is 0 Å². The van der Waals surface area contributed by atoms with Crippen LogP contribution in [0.2, 0.25) is 0 Å². The van der Waals surface area contributed by atoms with Crippen LogP contribution in [-0.2, 0) is 17.2 Å². The van der Waals surface area contributed by atoms with Gasteiger partial charge in [0.2, 0.25) is 0 Å². The van der Waals surface area contributed by atoms with E-state index in [1.807, 2.05) is 27.7 Å². The molecule has 1 unspecified atom stereocenters. The molecule has 0 aliphatic heterocycles. The highest BCUT2D eigenvalue weighted by atomic mass is 32.2. The molecule has 0 radical (unpaired) electrons. The van der Waals surface area contributed by atoms with Gasteiger partial charge in [0.25, 0.3) is 0 Å². The lowest BCUT2D eigenvalue weighted by Gasteiger charge is -2.17. The Morgan fingerprint density at radius 2 is 1.96 bits per heavy atom. The van der Waals surface area contributed by atoms with Crippen molar-refractivity contribution in [1.82, 2.24) is 15.6 Å².